The zero-order valence-corrected chi connectivity index (χ0v) is 9.64. The van der Waals surface area contributed by atoms with Gasteiger partial charge in [0.1, 0.15) is 5.78 Å². The van der Waals surface area contributed by atoms with Crippen LogP contribution in [0.3, 0.4) is 0 Å². The Labute approximate surface area is 76.4 Å². The van der Waals surface area contributed by atoms with Crippen molar-refractivity contribution in [1.82, 2.24) is 0 Å². The second-order valence-electron chi connectivity index (χ2n) is 3.96. The Morgan fingerprint density at radius 1 is 1.33 bits per heavy atom. The zero-order valence-electron chi connectivity index (χ0n) is 8.64. The highest BCUT2D eigenvalue weighted by Crippen LogP contribution is 2.04. The molecule has 0 aromatic rings. The van der Waals surface area contributed by atoms with Crippen molar-refractivity contribution in [3.8, 4) is 0 Å². The van der Waals surface area contributed by atoms with E-state index >= 15 is 0 Å². The molecule has 0 fully saturated rings. The van der Waals surface area contributed by atoms with Crippen molar-refractivity contribution in [2.24, 2.45) is 0 Å². The second kappa shape index (κ2) is 5.49. The molecule has 0 rings (SSSR count). The van der Waals surface area contributed by atoms with E-state index in [1.54, 1.807) is 0 Å². The van der Waals surface area contributed by atoms with Crippen molar-refractivity contribution in [3.63, 3.8) is 0 Å². The number of hydrogen-bond acceptors (Lipinski definition) is 2. The van der Waals surface area contributed by atoms with Crippen LogP contribution in [0.4, 0.5) is 0 Å². The molecule has 72 valence electrons. The van der Waals surface area contributed by atoms with Crippen LogP contribution in [0.5, 0.6) is 0 Å². The fourth-order valence-electron chi connectivity index (χ4n) is 0.824. The van der Waals surface area contributed by atoms with E-state index in [0.29, 0.717) is 18.6 Å². The summed E-state index contributed by atoms with van der Waals surface area (Å²) in [4.78, 5) is 10.9. The molecule has 0 aromatic heterocycles. The molecular formula is C9H20O2Si. The summed E-state index contributed by atoms with van der Waals surface area (Å²) in [6.45, 7) is 9.14. The molecule has 0 spiro atoms. The van der Waals surface area contributed by atoms with Gasteiger partial charge < -0.3 is 4.43 Å². The van der Waals surface area contributed by atoms with E-state index in [-0.39, 0.29) is 0 Å². The highest BCUT2D eigenvalue weighted by molar-refractivity contribution is 6.69. The van der Waals surface area contributed by atoms with Crippen LogP contribution >= 0.6 is 0 Å². The van der Waals surface area contributed by atoms with Gasteiger partial charge in [-0.3, -0.25) is 4.79 Å². The van der Waals surface area contributed by atoms with E-state index in [9.17, 15) is 4.79 Å². The van der Waals surface area contributed by atoms with Crippen molar-refractivity contribution >= 4 is 14.1 Å². The summed E-state index contributed by atoms with van der Waals surface area (Å²) >= 11 is 0. The third-order valence-corrected chi connectivity index (χ3v) is 2.60. The molecule has 0 N–H and O–H groups in total. The maximum absolute atomic E-state index is 10.9. The molecule has 0 aliphatic rings. The van der Waals surface area contributed by atoms with Crippen molar-refractivity contribution in [2.75, 3.05) is 6.61 Å². The fraction of sp³-hybridized carbons (Fsp3) is 0.889. The van der Waals surface area contributed by atoms with Crippen LogP contribution < -0.4 is 0 Å². The number of Topliss-reactive ketones (excluding diaryl/α,β-unsaturated/α-hetero) is 1. The lowest BCUT2D eigenvalue weighted by Crippen LogP contribution is -2.25. The fourth-order valence-corrected chi connectivity index (χ4v) is 1.58. The van der Waals surface area contributed by atoms with Gasteiger partial charge in [-0.1, -0.05) is 6.92 Å². The van der Waals surface area contributed by atoms with Gasteiger partial charge in [-0.2, -0.15) is 0 Å². The number of carbonyl (C=O) groups is 1. The summed E-state index contributed by atoms with van der Waals surface area (Å²) in [6.07, 6.45) is 2.23. The van der Waals surface area contributed by atoms with Gasteiger partial charge in [0.25, 0.3) is 0 Å². The van der Waals surface area contributed by atoms with Crippen LogP contribution in [0.2, 0.25) is 19.6 Å². The molecule has 0 radical (unpaired) electrons. The van der Waals surface area contributed by atoms with Crippen molar-refractivity contribution in [1.29, 1.82) is 0 Å². The van der Waals surface area contributed by atoms with Crippen LogP contribution in [-0.2, 0) is 9.22 Å². The van der Waals surface area contributed by atoms with E-state index < -0.39 is 8.32 Å². The predicted molar refractivity (Wildman–Crippen MR) is 53.8 cm³/mol. The topological polar surface area (TPSA) is 26.3 Å². The highest BCUT2D eigenvalue weighted by atomic mass is 28.4. The third kappa shape index (κ3) is 7.95. The van der Waals surface area contributed by atoms with Crippen LogP contribution in [0.1, 0.15) is 26.2 Å². The largest absolute Gasteiger partial charge is 0.418 e. The van der Waals surface area contributed by atoms with Crippen molar-refractivity contribution in [2.45, 2.75) is 45.8 Å². The Bertz CT molecular complexity index is 138. The molecule has 2 nitrogen and oxygen atoms in total. The molecule has 3 heteroatoms. The Hall–Kier alpha value is -0.153. The van der Waals surface area contributed by atoms with Crippen molar-refractivity contribution in [3.05, 3.63) is 0 Å². The van der Waals surface area contributed by atoms with Gasteiger partial charge >= 0.3 is 0 Å². The lowest BCUT2D eigenvalue weighted by Gasteiger charge is -2.16. The Morgan fingerprint density at radius 2 is 1.92 bits per heavy atom. The maximum Gasteiger partial charge on any atom is 0.183 e. The molecule has 0 heterocycles. The SMILES string of the molecule is CCC(=O)CCCO[Si](C)(C)C. The molecular weight excluding hydrogens is 168 g/mol. The van der Waals surface area contributed by atoms with Crippen LogP contribution in [0.15, 0.2) is 0 Å². The maximum atomic E-state index is 10.9. The molecule has 12 heavy (non-hydrogen) atoms. The molecule has 0 aliphatic heterocycles. The summed E-state index contributed by atoms with van der Waals surface area (Å²) in [5.41, 5.74) is 0. The minimum absolute atomic E-state index is 0.342. The number of rotatable bonds is 6. The molecule has 0 saturated carbocycles. The van der Waals surface area contributed by atoms with Gasteiger partial charge in [-0.15, -0.1) is 0 Å². The Kier molecular flexibility index (Phi) is 5.42. The summed E-state index contributed by atoms with van der Waals surface area (Å²) in [7, 11) is -1.35. The Balaban J connectivity index is 3.28. The lowest BCUT2D eigenvalue weighted by molar-refractivity contribution is -0.119. The van der Waals surface area contributed by atoms with Gasteiger partial charge in [0.15, 0.2) is 8.32 Å². The standard InChI is InChI=1S/C9H20O2Si/c1-5-9(10)7-6-8-11-12(2,3)4/h5-8H2,1-4H3. The third-order valence-electron chi connectivity index (χ3n) is 1.53. The van der Waals surface area contributed by atoms with Crippen LogP contribution in [-0.4, -0.2) is 20.7 Å². The molecule has 0 aliphatic carbocycles. The monoisotopic (exact) mass is 188 g/mol. The average molecular weight is 188 g/mol. The first-order valence-electron chi connectivity index (χ1n) is 4.61. The minimum Gasteiger partial charge on any atom is -0.418 e. The highest BCUT2D eigenvalue weighted by Gasteiger charge is 2.13. The smallest absolute Gasteiger partial charge is 0.183 e. The molecule has 0 bridgehead atoms. The first kappa shape index (κ1) is 11.8. The van der Waals surface area contributed by atoms with Gasteiger partial charge in [-0.25, -0.2) is 0 Å². The minimum atomic E-state index is -1.35. The number of hydrogen-bond donors (Lipinski definition) is 0. The van der Waals surface area contributed by atoms with E-state index in [1.807, 2.05) is 6.92 Å². The van der Waals surface area contributed by atoms with E-state index in [2.05, 4.69) is 19.6 Å². The predicted octanol–water partition coefficient (Wildman–Crippen LogP) is 2.60. The van der Waals surface area contributed by atoms with Crippen LogP contribution in [0.25, 0.3) is 0 Å². The Morgan fingerprint density at radius 3 is 2.33 bits per heavy atom. The van der Waals surface area contributed by atoms with E-state index in [1.165, 1.54) is 0 Å². The molecule has 0 amide bonds. The second-order valence-corrected chi connectivity index (χ2v) is 8.47. The molecule has 0 saturated heterocycles. The summed E-state index contributed by atoms with van der Waals surface area (Å²) in [5, 5.41) is 0. The first-order chi connectivity index (χ1) is 5.45. The average Bonchev–Trinajstić information content (AvgIpc) is 1.96. The van der Waals surface area contributed by atoms with Gasteiger partial charge in [0.05, 0.1) is 0 Å². The molecule has 0 unspecified atom stereocenters. The van der Waals surface area contributed by atoms with Gasteiger partial charge in [0.2, 0.25) is 0 Å². The number of ketones is 1. The summed E-state index contributed by atoms with van der Waals surface area (Å²) in [6, 6.07) is 0. The van der Waals surface area contributed by atoms with Crippen molar-refractivity contribution < 1.29 is 9.22 Å². The molecule has 0 aromatic carbocycles. The molecule has 0 atom stereocenters. The normalized spacial score (nSPS) is 11.7. The summed E-state index contributed by atoms with van der Waals surface area (Å²) in [5.74, 6) is 0.342. The van der Waals surface area contributed by atoms with Crippen LogP contribution in [0, 0.1) is 0 Å². The number of carbonyl (C=O) groups excluding carboxylic acids is 1. The van der Waals surface area contributed by atoms with Gasteiger partial charge in [-0.05, 0) is 26.1 Å². The van der Waals surface area contributed by atoms with E-state index in [4.69, 9.17) is 4.43 Å². The first-order valence-corrected chi connectivity index (χ1v) is 8.02. The summed E-state index contributed by atoms with van der Waals surface area (Å²) < 4.78 is 5.61. The lowest BCUT2D eigenvalue weighted by atomic mass is 10.2. The van der Waals surface area contributed by atoms with E-state index in [0.717, 1.165) is 13.0 Å². The quantitative estimate of drug-likeness (QED) is 0.473. The van der Waals surface area contributed by atoms with Gasteiger partial charge in [0, 0.05) is 19.4 Å². The zero-order chi connectivity index (χ0) is 9.61.